The lowest BCUT2D eigenvalue weighted by atomic mass is 9.93. The number of methoxy groups -OCH3 is 2. The van der Waals surface area contributed by atoms with Crippen LogP contribution < -0.4 is 14.3 Å². The molecule has 1 aliphatic rings. The van der Waals surface area contributed by atoms with Crippen LogP contribution in [0.2, 0.25) is 0 Å². The highest BCUT2D eigenvalue weighted by Gasteiger charge is 2.27. The van der Waals surface area contributed by atoms with Gasteiger partial charge in [0.25, 0.3) is 5.91 Å². The first-order chi connectivity index (χ1) is 12.7. The average Bonchev–Trinajstić information content (AvgIpc) is 3.39. The number of ether oxygens (including phenoxy) is 2. The van der Waals surface area contributed by atoms with Crippen LogP contribution in [0.25, 0.3) is 0 Å². The minimum Gasteiger partial charge on any atom is -0.497 e. The molecule has 0 aliphatic heterocycles. The van der Waals surface area contributed by atoms with E-state index in [1.54, 1.807) is 43.8 Å². The lowest BCUT2D eigenvalue weighted by Crippen LogP contribution is -2.20. The Bertz CT molecular complexity index is 914. The zero-order valence-electron chi connectivity index (χ0n) is 17.0. The van der Waals surface area contributed by atoms with E-state index in [-0.39, 0.29) is 11.3 Å². The number of thiazole rings is 1. The Hall–Kier alpha value is -2.08. The minimum atomic E-state index is -0.308. The lowest BCUT2D eigenvalue weighted by molar-refractivity contribution is 0.0994. The molecule has 1 aromatic carbocycles. The van der Waals surface area contributed by atoms with Crippen molar-refractivity contribution in [1.82, 2.24) is 4.57 Å². The van der Waals surface area contributed by atoms with Crippen molar-refractivity contribution in [3.63, 3.8) is 0 Å². The van der Waals surface area contributed by atoms with Gasteiger partial charge in [0.05, 0.1) is 19.8 Å². The summed E-state index contributed by atoms with van der Waals surface area (Å²) in [5.41, 5.74) is 1.64. The smallest absolute Gasteiger partial charge is 0.283 e. The molecule has 1 heterocycles. The predicted octanol–water partition coefficient (Wildman–Crippen LogP) is 4.32. The zero-order chi connectivity index (χ0) is 19.8. The number of hydrogen-bond acceptors (Lipinski definition) is 4. The molecule has 0 radical (unpaired) electrons. The third-order valence-electron chi connectivity index (χ3n) is 4.81. The van der Waals surface area contributed by atoms with Crippen molar-refractivity contribution in [2.24, 2.45) is 10.9 Å². The van der Waals surface area contributed by atoms with Gasteiger partial charge < -0.3 is 14.0 Å². The number of rotatable bonds is 5. The molecule has 3 rings (SSSR count). The third-order valence-corrected chi connectivity index (χ3v) is 6.42. The van der Waals surface area contributed by atoms with Gasteiger partial charge in [-0.2, -0.15) is 4.99 Å². The first-order valence-corrected chi connectivity index (χ1v) is 10.1. The molecule has 5 nitrogen and oxygen atoms in total. The predicted molar refractivity (Wildman–Crippen MR) is 108 cm³/mol. The van der Waals surface area contributed by atoms with Crippen molar-refractivity contribution in [1.29, 1.82) is 0 Å². The Morgan fingerprint density at radius 2 is 1.96 bits per heavy atom. The van der Waals surface area contributed by atoms with Crippen molar-refractivity contribution in [3.8, 4) is 11.5 Å². The summed E-state index contributed by atoms with van der Waals surface area (Å²) in [6, 6.07) is 5.19. The quantitative estimate of drug-likeness (QED) is 0.766. The summed E-state index contributed by atoms with van der Waals surface area (Å²) in [6.45, 7) is 9.66. The second-order valence-corrected chi connectivity index (χ2v) is 9.06. The van der Waals surface area contributed by atoms with Gasteiger partial charge in [0, 0.05) is 17.1 Å². The van der Waals surface area contributed by atoms with Gasteiger partial charge in [0.15, 0.2) is 4.80 Å². The molecule has 1 aromatic heterocycles. The van der Waals surface area contributed by atoms with Crippen molar-refractivity contribution in [2.45, 2.75) is 52.5 Å². The molecule has 0 N–H and O–H groups in total. The average molecular weight is 389 g/mol. The van der Waals surface area contributed by atoms with Gasteiger partial charge in [-0.25, -0.2) is 0 Å². The molecule has 0 saturated heterocycles. The highest BCUT2D eigenvalue weighted by atomic mass is 32.1. The molecular formula is C21H28N2O3S. The topological polar surface area (TPSA) is 52.8 Å². The van der Waals surface area contributed by atoms with Crippen molar-refractivity contribution in [2.75, 3.05) is 14.2 Å². The first-order valence-electron chi connectivity index (χ1n) is 9.26. The standard InChI is InChI=1S/C21H28N2O3S/c1-13-18(21(2,3)4)27-20(23(13)12-14-7-8-14)22-19(24)16-11-15(25-5)9-10-17(16)26-6/h9-11,14H,7-8,12H2,1-6H3/b22-20-. The Labute approximate surface area is 164 Å². The number of aromatic nitrogens is 1. The maximum absolute atomic E-state index is 13.0. The van der Waals surface area contributed by atoms with Crippen LogP contribution in [-0.4, -0.2) is 24.7 Å². The fourth-order valence-corrected chi connectivity index (χ4v) is 4.36. The van der Waals surface area contributed by atoms with E-state index in [1.165, 1.54) is 23.4 Å². The fourth-order valence-electron chi connectivity index (χ4n) is 3.17. The third kappa shape index (κ3) is 4.26. The summed E-state index contributed by atoms with van der Waals surface area (Å²) in [6.07, 6.45) is 2.51. The molecule has 1 amide bonds. The van der Waals surface area contributed by atoms with Gasteiger partial charge >= 0.3 is 0 Å². The zero-order valence-corrected chi connectivity index (χ0v) is 17.8. The second kappa shape index (κ2) is 7.50. The molecule has 2 aromatic rings. The van der Waals surface area contributed by atoms with Gasteiger partial charge in [-0.1, -0.05) is 20.8 Å². The molecule has 1 aliphatic carbocycles. The van der Waals surface area contributed by atoms with Gasteiger partial charge in [0.2, 0.25) is 0 Å². The van der Waals surface area contributed by atoms with E-state index in [9.17, 15) is 4.79 Å². The number of carbonyl (C=O) groups excluding carboxylic acids is 1. The number of amides is 1. The summed E-state index contributed by atoms with van der Waals surface area (Å²) in [4.78, 5) is 19.5. The SMILES string of the molecule is COc1ccc(OC)c(C(=O)/N=c2\sc(C(C)(C)C)c(C)n2CC2CC2)c1. The highest BCUT2D eigenvalue weighted by molar-refractivity contribution is 7.09. The van der Waals surface area contributed by atoms with E-state index in [4.69, 9.17) is 9.47 Å². The molecule has 0 atom stereocenters. The van der Waals surface area contributed by atoms with Crippen LogP contribution in [-0.2, 0) is 12.0 Å². The molecule has 146 valence electrons. The van der Waals surface area contributed by atoms with Gasteiger partial charge in [-0.05, 0) is 49.3 Å². The number of nitrogens with zero attached hydrogens (tertiary/aromatic N) is 2. The molecule has 6 heteroatoms. The van der Waals surface area contributed by atoms with E-state index in [0.717, 1.165) is 11.3 Å². The van der Waals surface area contributed by atoms with Gasteiger partial charge in [-0.3, -0.25) is 4.79 Å². The largest absolute Gasteiger partial charge is 0.497 e. The van der Waals surface area contributed by atoms with E-state index < -0.39 is 0 Å². The normalized spacial score (nSPS) is 15.1. The van der Waals surface area contributed by atoms with Crippen LogP contribution in [0.5, 0.6) is 11.5 Å². The number of hydrogen-bond donors (Lipinski definition) is 0. The molecule has 0 spiro atoms. The Morgan fingerprint density at radius 1 is 1.26 bits per heavy atom. The van der Waals surface area contributed by atoms with E-state index in [2.05, 4.69) is 37.3 Å². The Morgan fingerprint density at radius 3 is 2.52 bits per heavy atom. The van der Waals surface area contributed by atoms with Crippen LogP contribution in [0.3, 0.4) is 0 Å². The Kier molecular flexibility index (Phi) is 5.47. The molecule has 1 saturated carbocycles. The van der Waals surface area contributed by atoms with Crippen LogP contribution in [0, 0.1) is 12.8 Å². The molecular weight excluding hydrogens is 360 g/mol. The fraction of sp³-hybridized carbons (Fsp3) is 0.524. The minimum absolute atomic E-state index is 0.0184. The van der Waals surface area contributed by atoms with Gasteiger partial charge in [0.1, 0.15) is 11.5 Å². The maximum Gasteiger partial charge on any atom is 0.283 e. The van der Waals surface area contributed by atoms with E-state index in [1.807, 2.05) is 0 Å². The van der Waals surface area contributed by atoms with Crippen LogP contribution in [0.1, 0.15) is 54.5 Å². The van der Waals surface area contributed by atoms with Crippen molar-refractivity contribution in [3.05, 3.63) is 39.1 Å². The summed E-state index contributed by atoms with van der Waals surface area (Å²) in [5.74, 6) is 1.50. The van der Waals surface area contributed by atoms with E-state index >= 15 is 0 Å². The monoisotopic (exact) mass is 388 g/mol. The van der Waals surface area contributed by atoms with Crippen LogP contribution in [0.15, 0.2) is 23.2 Å². The summed E-state index contributed by atoms with van der Waals surface area (Å²) in [5, 5.41) is 0. The summed E-state index contributed by atoms with van der Waals surface area (Å²) < 4.78 is 12.8. The van der Waals surface area contributed by atoms with E-state index in [0.29, 0.717) is 23.0 Å². The second-order valence-electron chi connectivity index (χ2n) is 8.09. The summed E-state index contributed by atoms with van der Waals surface area (Å²) >= 11 is 1.61. The number of carbonyl (C=O) groups is 1. The van der Waals surface area contributed by atoms with Crippen molar-refractivity contribution < 1.29 is 14.3 Å². The van der Waals surface area contributed by atoms with Crippen molar-refractivity contribution >= 4 is 17.2 Å². The Balaban J connectivity index is 2.09. The van der Waals surface area contributed by atoms with Crippen LogP contribution in [0.4, 0.5) is 0 Å². The highest BCUT2D eigenvalue weighted by Crippen LogP contribution is 2.33. The lowest BCUT2D eigenvalue weighted by Gasteiger charge is -2.17. The maximum atomic E-state index is 13.0. The molecule has 0 bridgehead atoms. The molecule has 0 unspecified atom stereocenters. The number of benzene rings is 1. The molecule has 1 fully saturated rings. The molecule has 27 heavy (non-hydrogen) atoms. The van der Waals surface area contributed by atoms with Gasteiger partial charge in [-0.15, -0.1) is 11.3 Å². The summed E-state index contributed by atoms with van der Waals surface area (Å²) in [7, 11) is 3.13. The first kappa shape index (κ1) is 19.7. The van der Waals surface area contributed by atoms with Crippen LogP contribution >= 0.6 is 11.3 Å².